The molecule has 0 saturated carbocycles. The molecule has 3 heteroatoms. The molecule has 0 bridgehead atoms. The van der Waals surface area contributed by atoms with Crippen molar-refractivity contribution in [2.45, 2.75) is 52.1 Å². The van der Waals surface area contributed by atoms with Gasteiger partial charge in [-0.15, -0.1) is 0 Å². The number of nitrogens with zero attached hydrogens (tertiary/aromatic N) is 2. The summed E-state index contributed by atoms with van der Waals surface area (Å²) in [6.45, 7) is 6.56. The molecule has 0 fully saturated rings. The molecule has 0 aliphatic rings. The zero-order valence-electron chi connectivity index (χ0n) is 9.95. The second-order valence-corrected chi connectivity index (χ2v) is 4.15. The lowest BCUT2D eigenvalue weighted by molar-refractivity contribution is 0.470. The summed E-state index contributed by atoms with van der Waals surface area (Å²) in [6, 6.07) is 0.639. The van der Waals surface area contributed by atoms with Crippen molar-refractivity contribution in [2.75, 3.05) is 6.54 Å². The molecular weight excluding hydrogens is 186 g/mol. The van der Waals surface area contributed by atoms with Crippen LogP contribution in [0.15, 0.2) is 18.7 Å². The number of aromatic nitrogens is 2. The average molecular weight is 209 g/mol. The summed E-state index contributed by atoms with van der Waals surface area (Å²) in [4.78, 5) is 4.02. The maximum atomic E-state index is 4.02. The monoisotopic (exact) mass is 209 g/mol. The molecule has 1 unspecified atom stereocenters. The molecule has 1 N–H and O–H groups in total. The summed E-state index contributed by atoms with van der Waals surface area (Å²) in [5, 5.41) is 3.53. The third-order valence-electron chi connectivity index (χ3n) is 2.66. The number of unbranched alkanes of at least 4 members (excludes halogenated alkanes) is 2. The van der Waals surface area contributed by atoms with E-state index in [2.05, 4.69) is 28.7 Å². The summed E-state index contributed by atoms with van der Waals surface area (Å²) in [7, 11) is 0. The number of rotatable bonds is 8. The second kappa shape index (κ2) is 7.46. The van der Waals surface area contributed by atoms with Gasteiger partial charge in [-0.2, -0.15) is 0 Å². The first-order valence-corrected chi connectivity index (χ1v) is 6.02. The smallest absolute Gasteiger partial charge is 0.0946 e. The fourth-order valence-corrected chi connectivity index (χ4v) is 1.66. The Labute approximate surface area is 92.9 Å². The van der Waals surface area contributed by atoms with Crippen LogP contribution in [0.2, 0.25) is 0 Å². The topological polar surface area (TPSA) is 29.9 Å². The Morgan fingerprint density at radius 3 is 2.93 bits per heavy atom. The van der Waals surface area contributed by atoms with E-state index >= 15 is 0 Å². The number of imidazole rings is 1. The third kappa shape index (κ3) is 5.57. The van der Waals surface area contributed by atoms with Crippen LogP contribution in [0.4, 0.5) is 0 Å². The Hall–Kier alpha value is -0.830. The van der Waals surface area contributed by atoms with Crippen molar-refractivity contribution < 1.29 is 0 Å². The van der Waals surface area contributed by atoms with Crippen LogP contribution in [0.5, 0.6) is 0 Å². The molecule has 0 amide bonds. The predicted molar refractivity (Wildman–Crippen MR) is 63.8 cm³/mol. The van der Waals surface area contributed by atoms with Crippen molar-refractivity contribution in [2.24, 2.45) is 0 Å². The SMILES string of the molecule is CCCCCC(C)NCCn1ccnc1. The van der Waals surface area contributed by atoms with E-state index in [1.54, 1.807) is 0 Å². The molecule has 1 rings (SSSR count). The van der Waals surface area contributed by atoms with Gasteiger partial charge in [-0.05, 0) is 13.3 Å². The fraction of sp³-hybridized carbons (Fsp3) is 0.750. The van der Waals surface area contributed by atoms with E-state index < -0.39 is 0 Å². The lowest BCUT2D eigenvalue weighted by atomic mass is 10.1. The van der Waals surface area contributed by atoms with Gasteiger partial charge in [-0.25, -0.2) is 4.98 Å². The van der Waals surface area contributed by atoms with Gasteiger partial charge in [0.1, 0.15) is 0 Å². The highest BCUT2D eigenvalue weighted by atomic mass is 15.0. The van der Waals surface area contributed by atoms with Gasteiger partial charge in [0.15, 0.2) is 0 Å². The fourth-order valence-electron chi connectivity index (χ4n) is 1.66. The maximum absolute atomic E-state index is 4.02. The Bertz CT molecular complexity index is 231. The molecule has 86 valence electrons. The molecule has 0 saturated heterocycles. The van der Waals surface area contributed by atoms with E-state index in [9.17, 15) is 0 Å². The molecule has 1 aromatic rings. The van der Waals surface area contributed by atoms with Crippen molar-refractivity contribution in [3.8, 4) is 0 Å². The summed E-state index contributed by atoms with van der Waals surface area (Å²) in [6.07, 6.45) is 11.0. The van der Waals surface area contributed by atoms with Gasteiger partial charge in [-0.3, -0.25) is 0 Å². The molecule has 0 aliphatic carbocycles. The van der Waals surface area contributed by atoms with Gasteiger partial charge in [0.25, 0.3) is 0 Å². The van der Waals surface area contributed by atoms with Crippen molar-refractivity contribution in [3.63, 3.8) is 0 Å². The minimum Gasteiger partial charge on any atom is -0.336 e. The van der Waals surface area contributed by atoms with Gasteiger partial charge in [0.2, 0.25) is 0 Å². The zero-order chi connectivity index (χ0) is 10.9. The lowest BCUT2D eigenvalue weighted by Gasteiger charge is -2.13. The second-order valence-electron chi connectivity index (χ2n) is 4.15. The molecule has 1 atom stereocenters. The minimum atomic E-state index is 0.639. The minimum absolute atomic E-state index is 0.639. The molecule has 1 aromatic heterocycles. The van der Waals surface area contributed by atoms with Gasteiger partial charge >= 0.3 is 0 Å². The Morgan fingerprint density at radius 1 is 1.40 bits per heavy atom. The van der Waals surface area contributed by atoms with Crippen LogP contribution in [-0.2, 0) is 6.54 Å². The number of nitrogens with one attached hydrogen (secondary N) is 1. The van der Waals surface area contributed by atoms with Crippen LogP contribution in [-0.4, -0.2) is 22.1 Å². The molecule has 0 aliphatic heterocycles. The van der Waals surface area contributed by atoms with Gasteiger partial charge in [-0.1, -0.05) is 26.2 Å². The highest BCUT2D eigenvalue weighted by Crippen LogP contribution is 2.02. The zero-order valence-corrected chi connectivity index (χ0v) is 9.95. The Morgan fingerprint density at radius 2 is 2.27 bits per heavy atom. The van der Waals surface area contributed by atoms with E-state index in [0.717, 1.165) is 13.1 Å². The highest BCUT2D eigenvalue weighted by Gasteiger charge is 1.99. The van der Waals surface area contributed by atoms with Crippen molar-refractivity contribution in [1.82, 2.24) is 14.9 Å². The molecule has 0 radical (unpaired) electrons. The number of hydrogen-bond donors (Lipinski definition) is 1. The van der Waals surface area contributed by atoms with Crippen molar-refractivity contribution in [3.05, 3.63) is 18.7 Å². The van der Waals surface area contributed by atoms with Crippen LogP contribution >= 0.6 is 0 Å². The summed E-state index contributed by atoms with van der Waals surface area (Å²) in [5.41, 5.74) is 0. The number of hydrogen-bond acceptors (Lipinski definition) is 2. The molecule has 0 spiro atoms. The molecule has 0 aromatic carbocycles. The molecule has 15 heavy (non-hydrogen) atoms. The van der Waals surface area contributed by atoms with E-state index in [-0.39, 0.29) is 0 Å². The highest BCUT2D eigenvalue weighted by molar-refractivity contribution is 4.74. The van der Waals surface area contributed by atoms with E-state index in [1.807, 2.05) is 18.7 Å². The van der Waals surface area contributed by atoms with Crippen LogP contribution in [0.25, 0.3) is 0 Å². The third-order valence-corrected chi connectivity index (χ3v) is 2.66. The first kappa shape index (κ1) is 12.2. The van der Waals surface area contributed by atoms with Crippen molar-refractivity contribution in [1.29, 1.82) is 0 Å². The first-order chi connectivity index (χ1) is 7.33. The average Bonchev–Trinajstić information content (AvgIpc) is 2.71. The largest absolute Gasteiger partial charge is 0.336 e. The first-order valence-electron chi connectivity index (χ1n) is 6.02. The van der Waals surface area contributed by atoms with E-state index in [4.69, 9.17) is 0 Å². The van der Waals surface area contributed by atoms with Crippen LogP contribution < -0.4 is 5.32 Å². The summed E-state index contributed by atoms with van der Waals surface area (Å²) in [5.74, 6) is 0. The molecule has 3 nitrogen and oxygen atoms in total. The Kier molecular flexibility index (Phi) is 6.09. The standard InChI is InChI=1S/C12H23N3/c1-3-4-5-6-12(2)14-8-10-15-9-7-13-11-15/h7,9,11-12,14H,3-6,8,10H2,1-2H3. The summed E-state index contributed by atoms with van der Waals surface area (Å²) >= 11 is 0. The van der Waals surface area contributed by atoms with Crippen LogP contribution in [0.3, 0.4) is 0 Å². The normalized spacial score (nSPS) is 12.9. The lowest BCUT2D eigenvalue weighted by Crippen LogP contribution is -2.29. The van der Waals surface area contributed by atoms with E-state index in [1.165, 1.54) is 25.7 Å². The summed E-state index contributed by atoms with van der Waals surface area (Å²) < 4.78 is 2.10. The predicted octanol–water partition coefficient (Wildman–Crippen LogP) is 2.44. The van der Waals surface area contributed by atoms with Gasteiger partial charge in [0.05, 0.1) is 6.33 Å². The van der Waals surface area contributed by atoms with Crippen LogP contribution in [0, 0.1) is 0 Å². The van der Waals surface area contributed by atoms with Gasteiger partial charge < -0.3 is 9.88 Å². The van der Waals surface area contributed by atoms with Crippen molar-refractivity contribution >= 4 is 0 Å². The van der Waals surface area contributed by atoms with E-state index in [0.29, 0.717) is 6.04 Å². The molecular formula is C12H23N3. The maximum Gasteiger partial charge on any atom is 0.0946 e. The quantitative estimate of drug-likeness (QED) is 0.666. The molecule has 1 heterocycles. The van der Waals surface area contributed by atoms with Gasteiger partial charge in [0, 0.05) is 31.5 Å². The Balaban J connectivity index is 1.99. The van der Waals surface area contributed by atoms with Crippen LogP contribution in [0.1, 0.15) is 39.5 Å².